The Hall–Kier alpha value is -8.30. The van der Waals surface area contributed by atoms with Crippen molar-refractivity contribution in [1.82, 2.24) is 10.2 Å². The van der Waals surface area contributed by atoms with Crippen molar-refractivity contribution >= 4 is 94.0 Å². The van der Waals surface area contributed by atoms with Gasteiger partial charge >= 0.3 is 35.8 Å². The van der Waals surface area contributed by atoms with E-state index in [0.717, 1.165) is 22.5 Å². The molecule has 3 aromatic carbocycles. The van der Waals surface area contributed by atoms with E-state index in [1.165, 1.54) is 23.9 Å². The van der Waals surface area contributed by atoms with Crippen LogP contribution < -0.4 is 27.0 Å². The number of esters is 4. The molecule has 0 aromatic heterocycles. The second-order valence-electron chi connectivity index (χ2n) is 20.6. The van der Waals surface area contributed by atoms with Crippen molar-refractivity contribution in [2.24, 2.45) is 107 Å². The number of aryl methyl sites for hydroxylation is 2. The number of piperidine rings is 2. The zero-order valence-electron chi connectivity index (χ0n) is 40.0. The SMILES string of the molecule is CNC(=O)C1C(C(=O)O)C1C1C(C(=O)O)C1C(=O)Nc1ccc(C)cc1.Cc1ccc(N2C(=O)C3C(C2=O)C3C2C3C(=O)N(C)C(=O)C32)cc1.Nc1ccc(N)cc1.O=C1OC(=O)C2C1C2C1C2C(=O)OC(=O)C21. The van der Waals surface area contributed by atoms with Gasteiger partial charge in [-0.15, -0.1) is 0 Å². The third-order valence-electron chi connectivity index (χ3n) is 16.5. The quantitative estimate of drug-likeness (QED) is 0.0750. The summed E-state index contributed by atoms with van der Waals surface area (Å²) in [6.07, 6.45) is 0. The second kappa shape index (κ2) is 17.7. The van der Waals surface area contributed by atoms with E-state index in [1.807, 2.05) is 38.1 Å². The Balaban J connectivity index is 0.000000120. The van der Waals surface area contributed by atoms with E-state index in [9.17, 15) is 67.7 Å². The van der Waals surface area contributed by atoms with Crippen molar-refractivity contribution in [3.05, 3.63) is 83.9 Å². The number of hydrogen-bond donors (Lipinski definition) is 6. The van der Waals surface area contributed by atoms with Crippen molar-refractivity contribution in [2.45, 2.75) is 13.8 Å². The number of fused-ring (bicyclic) bond motifs is 4. The number of imide groups is 2. The number of nitrogen functional groups attached to an aromatic ring is 2. The van der Waals surface area contributed by atoms with Gasteiger partial charge < -0.3 is 41.8 Å². The normalized spacial score (nSPS) is 36.1. The standard InChI is InChI=1S/C18H20N2O6.C18H16N2O4.C10H6O6.C6H8N2/c1-7-3-5-8(6-4-7)20-16(22)12-10(14(12)18(25)26)9-11(15(21)19-2)13(9)17(23)24;1-7-3-5-8(6-4-7)20-17(23)13-10(14(13)18(20)24)9-11-12(9)16(22)19(2)15(11)21;11-7-3-1(4(3)8(12)15-7)2-5-6(2)10(14)16-9(5)13;7-5-1-2-6(8)4-3-5/h3-6,9-14H,1-2H3,(H,19,21)(H,20,22)(H,23,24)(H,25,26);3-6,9-14H,1-2H3;1-6H;1-4H,7-8H2. The Bertz CT molecular complexity index is 2870. The van der Waals surface area contributed by atoms with Gasteiger partial charge in [-0.2, -0.15) is 0 Å². The largest absolute Gasteiger partial charge is 0.481 e. The summed E-state index contributed by atoms with van der Waals surface area (Å²) in [7, 11) is 2.90. The lowest BCUT2D eigenvalue weighted by Gasteiger charge is -2.19. The number of cyclic esters (lactones) is 4. The maximum Gasteiger partial charge on any atom is 0.317 e. The summed E-state index contributed by atoms with van der Waals surface area (Å²) >= 11 is 0. The van der Waals surface area contributed by atoms with Crippen LogP contribution >= 0.6 is 0 Å². The summed E-state index contributed by atoms with van der Waals surface area (Å²) in [5, 5.41) is 23.8. The molecule has 10 fully saturated rings. The Morgan fingerprint density at radius 1 is 0.473 bits per heavy atom. The number of carboxylic acids is 2. The van der Waals surface area contributed by atoms with E-state index in [-0.39, 0.29) is 71.0 Å². The van der Waals surface area contributed by atoms with Crippen LogP contribution in [0.4, 0.5) is 22.7 Å². The van der Waals surface area contributed by atoms with Crippen LogP contribution in [0, 0.1) is 120 Å². The van der Waals surface area contributed by atoms with Gasteiger partial charge in [0.2, 0.25) is 35.4 Å². The van der Waals surface area contributed by atoms with Gasteiger partial charge in [-0.25, -0.2) is 0 Å². The summed E-state index contributed by atoms with van der Waals surface area (Å²) < 4.78 is 8.86. The lowest BCUT2D eigenvalue weighted by Crippen LogP contribution is -2.36. The maximum atomic E-state index is 12.7. The molecule has 10 aliphatic rings. The number of ether oxygens (including phenoxy) is 2. The van der Waals surface area contributed by atoms with Crippen LogP contribution in [0.3, 0.4) is 0 Å². The number of hydrogen-bond acceptors (Lipinski definition) is 16. The number of rotatable bonds is 9. The van der Waals surface area contributed by atoms with Crippen LogP contribution in [-0.2, 0) is 67.0 Å². The lowest BCUT2D eigenvalue weighted by atomic mass is 10.1. The van der Waals surface area contributed by atoms with Crippen LogP contribution in [0.5, 0.6) is 0 Å². The molecule has 22 nitrogen and oxygen atoms in total. The van der Waals surface area contributed by atoms with E-state index >= 15 is 0 Å². The molecule has 384 valence electrons. The van der Waals surface area contributed by atoms with E-state index in [0.29, 0.717) is 11.4 Å². The first-order valence-electron chi connectivity index (χ1n) is 24.0. The molecule has 6 aliphatic carbocycles. The average Bonchev–Trinajstić information content (AvgIpc) is 4.13. The van der Waals surface area contributed by atoms with Gasteiger partial charge in [0.05, 0.1) is 76.7 Å². The molecule has 0 radical (unpaired) electrons. The summed E-state index contributed by atoms with van der Waals surface area (Å²) in [5.41, 5.74) is 15.5. The molecule has 22 heteroatoms. The molecule has 4 aliphatic heterocycles. The van der Waals surface area contributed by atoms with Crippen LogP contribution in [0.25, 0.3) is 0 Å². The molecule has 14 atom stereocenters. The highest BCUT2D eigenvalue weighted by Crippen LogP contribution is 2.71. The molecule has 74 heavy (non-hydrogen) atoms. The fraction of sp³-hybridized carbons (Fsp3) is 0.423. The third kappa shape index (κ3) is 8.11. The van der Waals surface area contributed by atoms with Crippen LogP contribution in [0.2, 0.25) is 0 Å². The minimum Gasteiger partial charge on any atom is -0.481 e. The molecule has 14 unspecified atom stereocenters. The summed E-state index contributed by atoms with van der Waals surface area (Å²) in [6, 6.07) is 21.4. The van der Waals surface area contributed by atoms with Gasteiger partial charge in [-0.1, -0.05) is 35.4 Å². The first-order chi connectivity index (χ1) is 35.1. The van der Waals surface area contributed by atoms with E-state index in [4.69, 9.17) is 11.5 Å². The monoisotopic (exact) mass is 1010 g/mol. The highest BCUT2D eigenvalue weighted by Gasteiger charge is 2.81. The van der Waals surface area contributed by atoms with Gasteiger partial charge in [-0.05, 0) is 97.9 Å². The number of likely N-dealkylation sites (tertiary alicyclic amines) is 1. The van der Waals surface area contributed by atoms with Crippen molar-refractivity contribution < 1.29 is 77.2 Å². The fourth-order valence-electron chi connectivity index (χ4n) is 12.6. The molecule has 13 rings (SSSR count). The van der Waals surface area contributed by atoms with E-state index in [2.05, 4.69) is 20.1 Å². The lowest BCUT2D eigenvalue weighted by molar-refractivity contribution is -0.160. The van der Waals surface area contributed by atoms with E-state index < -0.39 is 107 Å². The van der Waals surface area contributed by atoms with Gasteiger partial charge in [0.1, 0.15) is 0 Å². The number of benzene rings is 3. The van der Waals surface area contributed by atoms with Gasteiger partial charge in [0, 0.05) is 31.2 Å². The zero-order valence-corrected chi connectivity index (χ0v) is 40.0. The van der Waals surface area contributed by atoms with Crippen molar-refractivity contribution in [1.29, 1.82) is 0 Å². The van der Waals surface area contributed by atoms with Crippen molar-refractivity contribution in [2.75, 3.05) is 35.8 Å². The van der Waals surface area contributed by atoms with Gasteiger partial charge in [0.25, 0.3) is 0 Å². The van der Waals surface area contributed by atoms with Crippen molar-refractivity contribution in [3.8, 4) is 0 Å². The summed E-state index contributed by atoms with van der Waals surface area (Å²) in [5.74, 6) is -14.2. The third-order valence-corrected chi connectivity index (χ3v) is 16.5. The molecule has 4 saturated heterocycles. The predicted molar refractivity (Wildman–Crippen MR) is 251 cm³/mol. The maximum absolute atomic E-state index is 12.7. The minimum absolute atomic E-state index is 0.107. The molecule has 8 N–H and O–H groups in total. The van der Waals surface area contributed by atoms with Gasteiger partial charge in [-0.3, -0.25) is 67.3 Å². The minimum atomic E-state index is -1.15. The molecule has 3 aromatic rings. The Morgan fingerprint density at radius 3 is 1.18 bits per heavy atom. The first kappa shape index (κ1) is 49.3. The molecule has 0 spiro atoms. The number of anilines is 4. The Kier molecular flexibility index (Phi) is 11.8. The second-order valence-corrected chi connectivity index (χ2v) is 20.6. The topological polar surface area (TPSA) is 346 Å². The number of carboxylic acid groups (broad SMARTS) is 2. The number of amides is 6. The smallest absolute Gasteiger partial charge is 0.317 e. The highest BCUT2D eigenvalue weighted by molar-refractivity contribution is 6.25. The Labute approximate surface area is 420 Å². The average molecular weight is 1010 g/mol. The summed E-state index contributed by atoms with van der Waals surface area (Å²) in [4.78, 5) is 144. The number of carbonyl (C=O) groups is 12. The number of aliphatic carboxylic acids is 2. The molecular weight excluding hydrogens is 965 g/mol. The number of nitrogens with one attached hydrogen (secondary N) is 2. The fourth-order valence-corrected chi connectivity index (χ4v) is 12.6. The molecule has 6 amide bonds. The molecule has 4 heterocycles. The van der Waals surface area contributed by atoms with Gasteiger partial charge in [0.15, 0.2) is 0 Å². The molecular formula is C52H50N6O16. The molecule has 0 bridgehead atoms. The van der Waals surface area contributed by atoms with Crippen LogP contribution in [0.15, 0.2) is 72.8 Å². The zero-order chi connectivity index (χ0) is 53.3. The van der Waals surface area contributed by atoms with Crippen molar-refractivity contribution in [3.63, 3.8) is 0 Å². The Morgan fingerprint density at radius 2 is 0.811 bits per heavy atom. The summed E-state index contributed by atoms with van der Waals surface area (Å²) in [6.45, 7) is 3.85. The number of carbonyl (C=O) groups excluding carboxylic acids is 10. The first-order valence-corrected chi connectivity index (χ1v) is 24.0. The van der Waals surface area contributed by atoms with E-state index in [1.54, 1.807) is 48.5 Å². The van der Waals surface area contributed by atoms with Crippen LogP contribution in [0.1, 0.15) is 11.1 Å². The predicted octanol–water partition coefficient (Wildman–Crippen LogP) is 0.893. The number of nitrogens with two attached hydrogens (primary N) is 2. The van der Waals surface area contributed by atoms with Crippen LogP contribution in [-0.4, -0.2) is 100 Å². The highest BCUT2D eigenvalue weighted by atomic mass is 16.6. The number of nitrogens with zero attached hydrogens (tertiary/aromatic N) is 2. The molecule has 6 saturated carbocycles.